The molecule has 29 heavy (non-hydrogen) atoms. The Morgan fingerprint density at radius 3 is 2.66 bits per heavy atom. The third-order valence-electron chi connectivity index (χ3n) is 4.45. The maximum atomic E-state index is 12.2. The number of hydrogen-bond donors (Lipinski definition) is 1. The van der Waals surface area contributed by atoms with Crippen LogP contribution in [0.3, 0.4) is 0 Å². The predicted octanol–water partition coefficient (Wildman–Crippen LogP) is 5.42. The molecule has 0 radical (unpaired) electrons. The fourth-order valence-corrected chi connectivity index (χ4v) is 3.65. The third kappa shape index (κ3) is 6.06. The number of nitrogens with zero attached hydrogens (tertiary/aromatic N) is 1. The zero-order chi connectivity index (χ0) is 20.6. The van der Waals surface area contributed by atoms with Crippen LogP contribution in [0, 0.1) is 6.92 Å². The molecule has 0 aliphatic heterocycles. The summed E-state index contributed by atoms with van der Waals surface area (Å²) in [4.78, 5) is 16.4. The fraction of sp³-hybridized carbons (Fsp3) is 0.304. The maximum Gasteiger partial charge on any atom is 0.358 e. The highest BCUT2D eigenvalue weighted by atomic mass is 32.1. The van der Waals surface area contributed by atoms with Crippen LogP contribution in [0.15, 0.2) is 53.9 Å². The van der Waals surface area contributed by atoms with E-state index in [9.17, 15) is 4.79 Å². The quantitative estimate of drug-likeness (QED) is 0.377. The van der Waals surface area contributed by atoms with Gasteiger partial charge in [-0.25, -0.2) is 9.78 Å². The average Bonchev–Trinajstić information content (AvgIpc) is 3.19. The first-order valence-electron chi connectivity index (χ1n) is 9.66. The second-order valence-corrected chi connectivity index (χ2v) is 7.89. The van der Waals surface area contributed by atoms with Gasteiger partial charge in [-0.3, -0.25) is 0 Å². The Bertz CT molecular complexity index is 938. The van der Waals surface area contributed by atoms with Crippen LogP contribution in [0.4, 0.5) is 5.13 Å². The molecule has 1 aromatic heterocycles. The number of anilines is 1. The molecule has 152 valence electrons. The summed E-state index contributed by atoms with van der Waals surface area (Å²) >= 11 is 1.38. The van der Waals surface area contributed by atoms with E-state index >= 15 is 0 Å². The van der Waals surface area contributed by atoms with Gasteiger partial charge in [0.05, 0.1) is 0 Å². The van der Waals surface area contributed by atoms with E-state index in [1.54, 1.807) is 5.38 Å². The fourth-order valence-electron chi connectivity index (χ4n) is 2.98. The van der Waals surface area contributed by atoms with Gasteiger partial charge in [0.15, 0.2) is 10.8 Å². The highest BCUT2D eigenvalue weighted by Gasteiger charge is 2.12. The molecule has 0 aliphatic carbocycles. The summed E-state index contributed by atoms with van der Waals surface area (Å²) in [6.07, 6.45) is 0. The van der Waals surface area contributed by atoms with Crippen molar-refractivity contribution in [3.05, 3.63) is 76.3 Å². The number of thiazole rings is 1. The summed E-state index contributed by atoms with van der Waals surface area (Å²) in [5, 5.41) is 5.61. The minimum Gasteiger partial charge on any atom is -0.490 e. The largest absolute Gasteiger partial charge is 0.490 e. The molecule has 0 fully saturated rings. The molecular weight excluding hydrogens is 384 g/mol. The summed E-state index contributed by atoms with van der Waals surface area (Å²) in [5.41, 5.74) is 3.97. The summed E-state index contributed by atoms with van der Waals surface area (Å²) in [6.45, 7) is 7.55. The van der Waals surface area contributed by atoms with Gasteiger partial charge in [0.1, 0.15) is 19.0 Å². The van der Waals surface area contributed by atoms with Gasteiger partial charge in [0.25, 0.3) is 0 Å². The van der Waals surface area contributed by atoms with E-state index in [-0.39, 0.29) is 6.61 Å². The van der Waals surface area contributed by atoms with Gasteiger partial charge >= 0.3 is 5.97 Å². The normalized spacial score (nSPS) is 10.8. The summed E-state index contributed by atoms with van der Waals surface area (Å²) in [5.74, 6) is 0.822. The number of rotatable bonds is 9. The van der Waals surface area contributed by atoms with Crippen molar-refractivity contribution in [2.24, 2.45) is 0 Å². The molecule has 0 aliphatic rings. The lowest BCUT2D eigenvalue weighted by Gasteiger charge is -2.12. The first-order valence-corrected chi connectivity index (χ1v) is 10.5. The second kappa shape index (κ2) is 10.1. The molecule has 0 saturated heterocycles. The summed E-state index contributed by atoms with van der Waals surface area (Å²) in [6, 6.07) is 16.1. The molecule has 0 spiro atoms. The van der Waals surface area contributed by atoms with Crippen LogP contribution in [-0.4, -0.2) is 24.2 Å². The van der Waals surface area contributed by atoms with Crippen LogP contribution in [0.25, 0.3) is 0 Å². The lowest BCUT2D eigenvalue weighted by atomic mass is 9.98. The highest BCUT2D eigenvalue weighted by molar-refractivity contribution is 7.13. The molecule has 6 heteroatoms. The molecule has 0 amide bonds. The van der Waals surface area contributed by atoms with Crippen molar-refractivity contribution in [3.8, 4) is 5.75 Å². The van der Waals surface area contributed by atoms with Crippen molar-refractivity contribution in [1.82, 2.24) is 4.98 Å². The highest BCUT2D eigenvalue weighted by Crippen LogP contribution is 2.23. The first-order chi connectivity index (χ1) is 14.0. The van der Waals surface area contributed by atoms with Gasteiger partial charge in [-0.05, 0) is 41.7 Å². The van der Waals surface area contributed by atoms with Crippen LogP contribution < -0.4 is 10.1 Å². The van der Waals surface area contributed by atoms with Crippen molar-refractivity contribution in [2.75, 3.05) is 18.5 Å². The van der Waals surface area contributed by atoms with E-state index < -0.39 is 5.97 Å². The Labute approximate surface area is 175 Å². The van der Waals surface area contributed by atoms with Gasteiger partial charge in [0.2, 0.25) is 0 Å². The Morgan fingerprint density at radius 1 is 1.14 bits per heavy atom. The van der Waals surface area contributed by atoms with E-state index in [1.165, 1.54) is 22.5 Å². The Hall–Kier alpha value is -2.86. The van der Waals surface area contributed by atoms with Crippen molar-refractivity contribution < 1.29 is 14.3 Å². The van der Waals surface area contributed by atoms with Gasteiger partial charge < -0.3 is 14.8 Å². The van der Waals surface area contributed by atoms with Crippen molar-refractivity contribution in [3.63, 3.8) is 0 Å². The van der Waals surface area contributed by atoms with E-state index in [0.717, 1.165) is 11.3 Å². The molecule has 0 atom stereocenters. The monoisotopic (exact) mass is 410 g/mol. The van der Waals surface area contributed by atoms with Crippen LogP contribution in [0.5, 0.6) is 5.75 Å². The van der Waals surface area contributed by atoms with Gasteiger partial charge in [-0.15, -0.1) is 11.3 Å². The van der Waals surface area contributed by atoms with Gasteiger partial charge in [-0.1, -0.05) is 50.2 Å². The van der Waals surface area contributed by atoms with E-state index in [0.29, 0.717) is 29.9 Å². The minimum absolute atomic E-state index is 0.175. The number of esters is 1. The van der Waals surface area contributed by atoms with Gasteiger partial charge in [0, 0.05) is 11.9 Å². The molecule has 2 aromatic carbocycles. The number of benzene rings is 2. The molecule has 1 N–H and O–H groups in total. The number of carbonyl (C=O) groups excluding carboxylic acids is 1. The van der Waals surface area contributed by atoms with E-state index in [4.69, 9.17) is 9.47 Å². The number of nitrogens with one attached hydrogen (secondary N) is 1. The van der Waals surface area contributed by atoms with E-state index in [1.807, 2.05) is 42.5 Å². The summed E-state index contributed by atoms with van der Waals surface area (Å²) in [7, 11) is 0. The summed E-state index contributed by atoms with van der Waals surface area (Å²) < 4.78 is 11.0. The van der Waals surface area contributed by atoms with E-state index in [2.05, 4.69) is 37.1 Å². The van der Waals surface area contributed by atoms with Crippen LogP contribution in [0.1, 0.15) is 46.9 Å². The molecule has 0 unspecified atom stereocenters. The Morgan fingerprint density at radius 2 is 1.93 bits per heavy atom. The lowest BCUT2D eigenvalue weighted by molar-refractivity contribution is 0.0444. The minimum atomic E-state index is -0.441. The third-order valence-corrected chi connectivity index (χ3v) is 5.25. The average molecular weight is 411 g/mol. The molecule has 1 heterocycles. The number of ether oxygens (including phenoxy) is 2. The number of carbonyl (C=O) groups is 1. The standard InChI is InChI=1S/C23H26N2O3S/c1-16(2)20-10-9-19(13-17(20)3)27-11-12-28-22(26)21-15-29-23(25-21)24-14-18-7-5-4-6-8-18/h4-10,13,15-16H,11-12,14H2,1-3H3,(H,24,25). The van der Waals surface area contributed by atoms with Crippen molar-refractivity contribution in [1.29, 1.82) is 0 Å². The lowest BCUT2D eigenvalue weighted by Crippen LogP contribution is -2.13. The molecule has 3 aromatic rings. The second-order valence-electron chi connectivity index (χ2n) is 7.03. The van der Waals surface area contributed by atoms with Gasteiger partial charge in [-0.2, -0.15) is 0 Å². The first kappa shape index (κ1) is 20.9. The van der Waals surface area contributed by atoms with Crippen molar-refractivity contribution >= 4 is 22.4 Å². The van der Waals surface area contributed by atoms with Crippen LogP contribution in [0.2, 0.25) is 0 Å². The van der Waals surface area contributed by atoms with Crippen molar-refractivity contribution in [2.45, 2.75) is 33.2 Å². The maximum absolute atomic E-state index is 12.2. The number of hydrogen-bond acceptors (Lipinski definition) is 6. The Kier molecular flexibility index (Phi) is 7.25. The smallest absolute Gasteiger partial charge is 0.358 e. The number of aromatic nitrogens is 1. The molecular formula is C23H26N2O3S. The van der Waals surface area contributed by atoms with Crippen LogP contribution >= 0.6 is 11.3 Å². The predicted molar refractivity (Wildman–Crippen MR) is 117 cm³/mol. The molecule has 3 rings (SSSR count). The Balaban J connectivity index is 1.42. The zero-order valence-electron chi connectivity index (χ0n) is 17.0. The molecule has 0 bridgehead atoms. The molecule has 0 saturated carbocycles. The van der Waals surface area contributed by atoms with Crippen LogP contribution in [-0.2, 0) is 11.3 Å². The molecule has 5 nitrogen and oxygen atoms in total. The number of aryl methyl sites for hydroxylation is 1. The topological polar surface area (TPSA) is 60.5 Å². The zero-order valence-corrected chi connectivity index (χ0v) is 17.8. The SMILES string of the molecule is Cc1cc(OCCOC(=O)c2csc(NCc3ccccc3)n2)ccc1C(C)C.